The van der Waals surface area contributed by atoms with Crippen LogP contribution in [0.1, 0.15) is 23.1 Å². The third-order valence-corrected chi connectivity index (χ3v) is 5.25. The summed E-state index contributed by atoms with van der Waals surface area (Å²) in [4.78, 5) is 38.4. The highest BCUT2D eigenvalue weighted by molar-refractivity contribution is 6.31. The Hall–Kier alpha value is -2.86. The Morgan fingerprint density at radius 2 is 1.86 bits per heavy atom. The average molecular weight is 415 g/mol. The lowest BCUT2D eigenvalue weighted by atomic mass is 10.1. The molecule has 1 N–H and O–H groups in total. The van der Waals surface area contributed by atoms with Crippen molar-refractivity contribution >= 4 is 40.8 Å². The molecule has 1 heterocycles. The van der Waals surface area contributed by atoms with Gasteiger partial charge >= 0.3 is 5.97 Å². The van der Waals surface area contributed by atoms with Gasteiger partial charge in [-0.1, -0.05) is 23.7 Å². The van der Waals surface area contributed by atoms with Crippen molar-refractivity contribution in [3.05, 3.63) is 58.1 Å². The second-order valence-electron chi connectivity index (χ2n) is 7.32. The summed E-state index contributed by atoms with van der Waals surface area (Å²) in [5.74, 6) is -1.77. The molecule has 152 valence electrons. The highest BCUT2D eigenvalue weighted by Gasteiger charge is 2.37. The lowest BCUT2D eigenvalue weighted by Gasteiger charge is -2.19. The normalized spacial score (nSPS) is 16.1. The fourth-order valence-corrected chi connectivity index (χ4v) is 3.65. The smallest absolute Gasteiger partial charge is 0.311 e. The third kappa shape index (κ3) is 4.95. The molecule has 7 heteroatoms. The van der Waals surface area contributed by atoms with Crippen LogP contribution in [0.25, 0.3) is 0 Å². The number of amides is 2. The zero-order chi connectivity index (χ0) is 21.1. The molecule has 0 aromatic heterocycles. The lowest BCUT2D eigenvalue weighted by molar-refractivity contribution is -0.151. The number of nitrogens with one attached hydrogen (secondary N) is 1. The number of anilines is 2. The molecular formula is C22H23ClN2O4. The van der Waals surface area contributed by atoms with Gasteiger partial charge in [-0.15, -0.1) is 0 Å². The molecule has 1 saturated heterocycles. The van der Waals surface area contributed by atoms with E-state index in [2.05, 4.69) is 5.32 Å². The molecule has 0 spiro atoms. The Labute approximate surface area is 174 Å². The number of ether oxygens (including phenoxy) is 1. The number of carbonyl (C=O) groups excluding carboxylic acids is 3. The molecule has 1 aliphatic heterocycles. The number of benzene rings is 2. The number of nitrogens with zero attached hydrogens (tertiary/aromatic N) is 1. The van der Waals surface area contributed by atoms with Crippen LogP contribution in [0.15, 0.2) is 36.4 Å². The monoisotopic (exact) mass is 414 g/mol. The van der Waals surface area contributed by atoms with Gasteiger partial charge in [-0.25, -0.2) is 0 Å². The second kappa shape index (κ2) is 8.66. The number of hydrogen-bond donors (Lipinski definition) is 1. The summed E-state index contributed by atoms with van der Waals surface area (Å²) in [6, 6.07) is 11.0. The van der Waals surface area contributed by atoms with E-state index in [0.717, 1.165) is 16.7 Å². The van der Waals surface area contributed by atoms with E-state index in [1.54, 1.807) is 23.1 Å². The van der Waals surface area contributed by atoms with Gasteiger partial charge in [0.05, 0.1) is 5.92 Å². The number of carbonyl (C=O) groups is 3. The van der Waals surface area contributed by atoms with Crippen LogP contribution >= 0.6 is 11.6 Å². The van der Waals surface area contributed by atoms with Gasteiger partial charge < -0.3 is 15.0 Å². The van der Waals surface area contributed by atoms with Gasteiger partial charge in [0.2, 0.25) is 5.91 Å². The molecular weight excluding hydrogens is 392 g/mol. The Balaban J connectivity index is 1.56. The maximum absolute atomic E-state index is 12.4. The summed E-state index contributed by atoms with van der Waals surface area (Å²) in [5.41, 5.74) is 4.17. The maximum atomic E-state index is 12.4. The van der Waals surface area contributed by atoms with Crippen molar-refractivity contribution in [3.63, 3.8) is 0 Å². The Bertz CT molecular complexity index is 953. The molecule has 0 saturated carbocycles. The third-order valence-electron chi connectivity index (χ3n) is 4.84. The SMILES string of the molecule is Cc1cc(C)cc(NC(=O)COC(=O)[C@H]2CC(=O)N(c3cccc(Cl)c3C)C2)c1. The molecule has 0 unspecified atom stereocenters. The number of aryl methyl sites for hydroxylation is 2. The summed E-state index contributed by atoms with van der Waals surface area (Å²) in [7, 11) is 0. The van der Waals surface area contributed by atoms with Crippen LogP contribution in [-0.2, 0) is 19.1 Å². The Morgan fingerprint density at radius 1 is 1.17 bits per heavy atom. The largest absolute Gasteiger partial charge is 0.455 e. The number of halogens is 1. The van der Waals surface area contributed by atoms with Crippen LogP contribution in [0.3, 0.4) is 0 Å². The highest BCUT2D eigenvalue weighted by Crippen LogP contribution is 2.31. The molecule has 1 fully saturated rings. The summed E-state index contributed by atoms with van der Waals surface area (Å²) >= 11 is 6.14. The van der Waals surface area contributed by atoms with E-state index in [1.165, 1.54) is 0 Å². The van der Waals surface area contributed by atoms with Gasteiger partial charge in [0.1, 0.15) is 0 Å². The summed E-state index contributed by atoms with van der Waals surface area (Å²) in [6.07, 6.45) is 0.0451. The van der Waals surface area contributed by atoms with Crippen molar-refractivity contribution < 1.29 is 19.1 Å². The second-order valence-corrected chi connectivity index (χ2v) is 7.73. The van der Waals surface area contributed by atoms with E-state index in [-0.39, 0.29) is 18.9 Å². The van der Waals surface area contributed by atoms with E-state index in [0.29, 0.717) is 16.4 Å². The van der Waals surface area contributed by atoms with Gasteiger partial charge in [0, 0.05) is 29.4 Å². The van der Waals surface area contributed by atoms with Crippen LogP contribution < -0.4 is 10.2 Å². The predicted molar refractivity (Wildman–Crippen MR) is 112 cm³/mol. The molecule has 1 aliphatic rings. The van der Waals surface area contributed by atoms with Crippen molar-refractivity contribution in [1.29, 1.82) is 0 Å². The van der Waals surface area contributed by atoms with Gasteiger partial charge in [-0.3, -0.25) is 14.4 Å². The van der Waals surface area contributed by atoms with Crippen LogP contribution in [0.4, 0.5) is 11.4 Å². The first-order valence-corrected chi connectivity index (χ1v) is 9.72. The molecule has 2 amide bonds. The molecule has 2 aromatic carbocycles. The predicted octanol–water partition coefficient (Wildman–Crippen LogP) is 3.80. The highest BCUT2D eigenvalue weighted by atomic mass is 35.5. The summed E-state index contributed by atoms with van der Waals surface area (Å²) in [5, 5.41) is 3.28. The van der Waals surface area contributed by atoms with Crippen LogP contribution in [0, 0.1) is 26.7 Å². The molecule has 0 aliphatic carbocycles. The standard InChI is InChI=1S/C22H23ClN2O4/c1-13-7-14(2)9-17(8-13)24-20(26)12-29-22(28)16-10-21(27)25(11-16)19-6-4-5-18(23)15(19)3/h4-9,16H,10-12H2,1-3H3,(H,24,26)/t16-/m0/s1. The van der Waals surface area contributed by atoms with E-state index in [9.17, 15) is 14.4 Å². The number of hydrogen-bond acceptors (Lipinski definition) is 4. The van der Waals surface area contributed by atoms with Crippen LogP contribution in [-0.4, -0.2) is 30.9 Å². The van der Waals surface area contributed by atoms with Gasteiger partial charge in [0.15, 0.2) is 6.61 Å². The minimum Gasteiger partial charge on any atom is -0.455 e. The topological polar surface area (TPSA) is 75.7 Å². The van der Waals surface area contributed by atoms with Gasteiger partial charge in [0.25, 0.3) is 5.91 Å². The molecule has 0 radical (unpaired) electrons. The first kappa shape index (κ1) is 20.9. The molecule has 6 nitrogen and oxygen atoms in total. The van der Waals surface area contributed by atoms with Crippen LogP contribution in [0.2, 0.25) is 5.02 Å². The first-order chi connectivity index (χ1) is 13.7. The van der Waals surface area contributed by atoms with Gasteiger partial charge in [-0.05, 0) is 61.7 Å². The van der Waals surface area contributed by atoms with Crippen LogP contribution in [0.5, 0.6) is 0 Å². The van der Waals surface area contributed by atoms with Gasteiger partial charge in [-0.2, -0.15) is 0 Å². The fourth-order valence-electron chi connectivity index (χ4n) is 3.49. The van der Waals surface area contributed by atoms with Crippen molar-refractivity contribution in [2.75, 3.05) is 23.4 Å². The minimum absolute atomic E-state index is 0.0451. The quantitative estimate of drug-likeness (QED) is 0.755. The van der Waals surface area contributed by atoms with E-state index >= 15 is 0 Å². The first-order valence-electron chi connectivity index (χ1n) is 9.35. The fraction of sp³-hybridized carbons (Fsp3) is 0.318. The zero-order valence-electron chi connectivity index (χ0n) is 16.6. The zero-order valence-corrected chi connectivity index (χ0v) is 17.4. The molecule has 2 aromatic rings. The van der Waals surface area contributed by atoms with E-state index < -0.39 is 24.4 Å². The number of rotatable bonds is 5. The van der Waals surface area contributed by atoms with Crippen molar-refractivity contribution in [2.45, 2.75) is 27.2 Å². The molecule has 1 atom stereocenters. The maximum Gasteiger partial charge on any atom is 0.311 e. The summed E-state index contributed by atoms with van der Waals surface area (Å²) < 4.78 is 5.15. The van der Waals surface area contributed by atoms with Crippen molar-refractivity contribution in [2.24, 2.45) is 5.92 Å². The minimum atomic E-state index is -0.616. The number of esters is 1. The molecule has 0 bridgehead atoms. The lowest BCUT2D eigenvalue weighted by Crippen LogP contribution is -2.28. The van der Waals surface area contributed by atoms with Crippen molar-refractivity contribution in [1.82, 2.24) is 0 Å². The molecule has 3 rings (SSSR count). The van der Waals surface area contributed by atoms with E-state index in [1.807, 2.05) is 39.0 Å². The Kier molecular flexibility index (Phi) is 6.23. The Morgan fingerprint density at radius 3 is 2.55 bits per heavy atom. The average Bonchev–Trinajstić information content (AvgIpc) is 3.03. The van der Waals surface area contributed by atoms with E-state index in [4.69, 9.17) is 16.3 Å². The summed E-state index contributed by atoms with van der Waals surface area (Å²) in [6.45, 7) is 5.51. The van der Waals surface area contributed by atoms with Crippen molar-refractivity contribution in [3.8, 4) is 0 Å². The molecule has 29 heavy (non-hydrogen) atoms.